The van der Waals surface area contributed by atoms with E-state index in [0.717, 1.165) is 70.5 Å². The van der Waals surface area contributed by atoms with Gasteiger partial charge in [-0.3, -0.25) is 4.79 Å². The topological polar surface area (TPSA) is 86.8 Å². The van der Waals surface area contributed by atoms with Gasteiger partial charge in [0, 0.05) is 11.9 Å². The molecule has 5 rings (SSSR count). The molecule has 1 aromatic heterocycles. The van der Waals surface area contributed by atoms with E-state index < -0.39 is 5.97 Å². The Morgan fingerprint density at radius 3 is 2.85 bits per heavy atom. The molecule has 0 bridgehead atoms. The molecule has 2 heterocycles. The van der Waals surface area contributed by atoms with E-state index in [1.165, 1.54) is 0 Å². The lowest BCUT2D eigenvalue weighted by Crippen LogP contribution is -2.29. The van der Waals surface area contributed by atoms with Gasteiger partial charge in [-0.25, -0.2) is 9.78 Å². The van der Waals surface area contributed by atoms with Crippen LogP contribution in [0, 0.1) is 0 Å². The van der Waals surface area contributed by atoms with Gasteiger partial charge in [-0.1, -0.05) is 31.2 Å². The Morgan fingerprint density at radius 2 is 1.97 bits per heavy atom. The Bertz CT molecular complexity index is 1300. The summed E-state index contributed by atoms with van der Waals surface area (Å²) >= 11 is 0. The molecular weight excluding hydrogens is 432 g/mol. The fourth-order valence-corrected chi connectivity index (χ4v) is 4.43. The molecule has 0 spiro atoms. The van der Waals surface area contributed by atoms with E-state index in [0.29, 0.717) is 12.1 Å². The maximum Gasteiger partial charge on any atom is 0.339 e. The van der Waals surface area contributed by atoms with E-state index in [4.69, 9.17) is 19.2 Å². The third-order valence-electron chi connectivity index (χ3n) is 6.02. The summed E-state index contributed by atoms with van der Waals surface area (Å²) in [6, 6.07) is 13.4. The third kappa shape index (κ3) is 4.33. The zero-order valence-corrected chi connectivity index (χ0v) is 19.1. The number of amides is 1. The Morgan fingerprint density at radius 1 is 1.12 bits per heavy atom. The molecule has 0 unspecified atom stereocenters. The largest absolute Gasteiger partial charge is 0.454 e. The number of esters is 1. The van der Waals surface area contributed by atoms with Crippen LogP contribution < -0.4 is 14.8 Å². The molecule has 3 aromatic rings. The number of allylic oxidation sites excluding steroid dienone is 1. The number of aromatic nitrogens is 1. The maximum absolute atomic E-state index is 13.2. The van der Waals surface area contributed by atoms with Gasteiger partial charge in [0.25, 0.3) is 5.91 Å². The number of fused-ring (bicyclic) bond motifs is 3. The molecule has 174 valence electrons. The van der Waals surface area contributed by atoms with Crippen LogP contribution in [0.5, 0.6) is 11.5 Å². The van der Waals surface area contributed by atoms with Crippen molar-refractivity contribution in [1.29, 1.82) is 0 Å². The summed E-state index contributed by atoms with van der Waals surface area (Å²) < 4.78 is 16.4. The van der Waals surface area contributed by atoms with E-state index in [2.05, 4.69) is 11.4 Å². The van der Waals surface area contributed by atoms with E-state index in [9.17, 15) is 9.59 Å². The van der Waals surface area contributed by atoms with Crippen molar-refractivity contribution < 1.29 is 23.8 Å². The number of nitrogens with zero attached hydrogens (tertiary/aromatic N) is 1. The van der Waals surface area contributed by atoms with E-state index in [1.54, 1.807) is 0 Å². The number of pyridine rings is 1. The van der Waals surface area contributed by atoms with E-state index in [-0.39, 0.29) is 19.3 Å². The molecule has 0 atom stereocenters. The van der Waals surface area contributed by atoms with Gasteiger partial charge in [0.2, 0.25) is 6.79 Å². The summed E-state index contributed by atoms with van der Waals surface area (Å²) in [5.74, 6) is 0.669. The van der Waals surface area contributed by atoms with Crippen LogP contribution in [0.15, 0.2) is 42.5 Å². The fourth-order valence-electron chi connectivity index (χ4n) is 4.43. The predicted octanol–water partition coefficient (Wildman–Crippen LogP) is 4.52. The average molecular weight is 459 g/mol. The van der Waals surface area contributed by atoms with Gasteiger partial charge in [0.05, 0.1) is 16.8 Å². The van der Waals surface area contributed by atoms with Gasteiger partial charge in [0.1, 0.15) is 0 Å². The summed E-state index contributed by atoms with van der Waals surface area (Å²) in [5.41, 5.74) is 4.95. The van der Waals surface area contributed by atoms with E-state index in [1.807, 2.05) is 49.4 Å². The monoisotopic (exact) mass is 458 g/mol. The first kappa shape index (κ1) is 21.9. The third-order valence-corrected chi connectivity index (χ3v) is 6.02. The molecule has 2 aromatic carbocycles. The molecule has 7 heteroatoms. The minimum absolute atomic E-state index is 0.230. The van der Waals surface area contributed by atoms with Crippen LogP contribution in [0.4, 0.5) is 0 Å². The first-order valence-electron chi connectivity index (χ1n) is 11.6. The molecule has 0 fully saturated rings. The summed E-state index contributed by atoms with van der Waals surface area (Å²) in [7, 11) is 0. The van der Waals surface area contributed by atoms with Crippen molar-refractivity contribution in [1.82, 2.24) is 10.3 Å². The standard InChI is InChI=1S/C27H26N2O5/c1-2-12-28-24(30)15-32-27(31)25-19-7-3-4-9-21(19)29-26-18(6-5-8-20(25)26)13-17-10-11-22-23(14-17)34-16-33-22/h3-4,7,9-11,13-14H,2,5-6,8,12,15-16H2,1H3,(H,28,30)/b18-13-. The van der Waals surface area contributed by atoms with Crippen molar-refractivity contribution >= 4 is 34.4 Å². The van der Waals surface area contributed by atoms with Crippen LogP contribution in [0.25, 0.3) is 22.6 Å². The second kappa shape index (κ2) is 9.55. The van der Waals surface area contributed by atoms with Crippen molar-refractivity contribution in [3.63, 3.8) is 0 Å². The SMILES string of the molecule is CCCNC(=O)COC(=O)c1c2c(nc3ccccc13)/C(=C\c1ccc3c(c1)OCO3)CCC2. The smallest absolute Gasteiger partial charge is 0.339 e. The molecule has 1 amide bonds. The highest BCUT2D eigenvalue weighted by molar-refractivity contribution is 6.07. The molecule has 0 radical (unpaired) electrons. The number of para-hydroxylation sites is 1. The lowest BCUT2D eigenvalue weighted by atomic mass is 9.86. The van der Waals surface area contributed by atoms with Gasteiger partial charge >= 0.3 is 5.97 Å². The number of carbonyl (C=O) groups excluding carboxylic acids is 2. The number of hydrogen-bond donors (Lipinski definition) is 1. The molecule has 1 aliphatic heterocycles. The Labute approximate surface area is 197 Å². The number of benzene rings is 2. The molecule has 1 aliphatic carbocycles. The minimum atomic E-state index is -0.495. The molecule has 0 saturated heterocycles. The quantitative estimate of drug-likeness (QED) is 0.547. The van der Waals surface area contributed by atoms with E-state index >= 15 is 0 Å². The van der Waals surface area contributed by atoms with Crippen LogP contribution >= 0.6 is 0 Å². The molecule has 2 aliphatic rings. The van der Waals surface area contributed by atoms with Crippen LogP contribution in [-0.4, -0.2) is 36.8 Å². The molecular formula is C27H26N2O5. The van der Waals surface area contributed by atoms with Crippen molar-refractivity contribution in [2.45, 2.75) is 32.6 Å². The highest BCUT2D eigenvalue weighted by Gasteiger charge is 2.26. The molecule has 0 saturated carbocycles. The minimum Gasteiger partial charge on any atom is -0.454 e. The molecule has 1 N–H and O–H groups in total. The van der Waals surface area contributed by atoms with Crippen molar-refractivity contribution in [2.75, 3.05) is 19.9 Å². The average Bonchev–Trinajstić information content (AvgIpc) is 3.33. The van der Waals surface area contributed by atoms with Crippen LogP contribution in [-0.2, 0) is 16.0 Å². The Balaban J connectivity index is 1.53. The lowest BCUT2D eigenvalue weighted by Gasteiger charge is -2.22. The maximum atomic E-state index is 13.2. The Kier molecular flexibility index (Phi) is 6.16. The highest BCUT2D eigenvalue weighted by Crippen LogP contribution is 2.38. The number of hydrogen-bond acceptors (Lipinski definition) is 6. The zero-order valence-electron chi connectivity index (χ0n) is 19.1. The van der Waals surface area contributed by atoms with Crippen LogP contribution in [0.3, 0.4) is 0 Å². The van der Waals surface area contributed by atoms with Crippen molar-refractivity contribution in [3.8, 4) is 11.5 Å². The first-order valence-corrected chi connectivity index (χ1v) is 11.6. The number of carbonyl (C=O) groups is 2. The summed E-state index contributed by atoms with van der Waals surface area (Å²) in [6.45, 7) is 2.45. The van der Waals surface area contributed by atoms with Crippen molar-refractivity contribution in [3.05, 3.63) is 64.8 Å². The van der Waals surface area contributed by atoms with Gasteiger partial charge < -0.3 is 19.5 Å². The van der Waals surface area contributed by atoms with Gasteiger partial charge in [0.15, 0.2) is 18.1 Å². The highest BCUT2D eigenvalue weighted by atomic mass is 16.7. The first-order chi connectivity index (χ1) is 16.6. The summed E-state index contributed by atoms with van der Waals surface area (Å²) in [6.07, 6.45) is 5.37. The molecule has 34 heavy (non-hydrogen) atoms. The summed E-state index contributed by atoms with van der Waals surface area (Å²) in [4.78, 5) is 30.2. The number of rotatable bonds is 6. The molecule has 7 nitrogen and oxygen atoms in total. The van der Waals surface area contributed by atoms with Crippen LogP contribution in [0.1, 0.15) is 53.4 Å². The van der Waals surface area contributed by atoms with Gasteiger partial charge in [-0.2, -0.15) is 0 Å². The van der Waals surface area contributed by atoms with Gasteiger partial charge in [-0.05, 0) is 66.7 Å². The van der Waals surface area contributed by atoms with Crippen LogP contribution in [0.2, 0.25) is 0 Å². The fraction of sp³-hybridized carbons (Fsp3) is 0.296. The second-order valence-corrected chi connectivity index (χ2v) is 8.39. The lowest BCUT2D eigenvalue weighted by molar-refractivity contribution is -0.124. The second-order valence-electron chi connectivity index (χ2n) is 8.39. The zero-order chi connectivity index (χ0) is 23.5. The van der Waals surface area contributed by atoms with Crippen molar-refractivity contribution in [2.24, 2.45) is 0 Å². The van der Waals surface area contributed by atoms with Gasteiger partial charge in [-0.15, -0.1) is 0 Å². The predicted molar refractivity (Wildman–Crippen MR) is 129 cm³/mol. The summed E-state index contributed by atoms with van der Waals surface area (Å²) in [5, 5.41) is 3.47. The number of ether oxygens (including phenoxy) is 3. The number of nitrogens with one attached hydrogen (secondary N) is 1. The Hall–Kier alpha value is -3.87. The normalized spacial score (nSPS) is 15.3.